The second-order valence-corrected chi connectivity index (χ2v) is 3.18. The Morgan fingerprint density at radius 2 is 2.14 bits per heavy atom. The number of nitrogens with two attached hydrogens (primary N) is 1. The lowest BCUT2D eigenvalue weighted by atomic mass is 10.1. The third-order valence-electron chi connectivity index (χ3n) is 2.06. The maximum Gasteiger partial charge on any atom is 0.153 e. The average molecular weight is 196 g/mol. The highest BCUT2D eigenvalue weighted by Gasteiger charge is 2.12. The first-order chi connectivity index (χ1) is 6.61. The minimum absolute atomic E-state index is 0.0519. The van der Waals surface area contributed by atoms with Gasteiger partial charge >= 0.3 is 0 Å². The zero-order valence-corrected chi connectivity index (χ0v) is 8.25. The number of halogens is 1. The van der Waals surface area contributed by atoms with Crippen LogP contribution in [0.3, 0.4) is 0 Å². The van der Waals surface area contributed by atoms with E-state index in [0.29, 0.717) is 17.5 Å². The summed E-state index contributed by atoms with van der Waals surface area (Å²) < 4.78 is 13.6. The molecule has 0 radical (unpaired) electrons. The van der Waals surface area contributed by atoms with Gasteiger partial charge in [-0.2, -0.15) is 0 Å². The summed E-state index contributed by atoms with van der Waals surface area (Å²) in [7, 11) is 3.60. The number of hydrogen-bond acceptors (Lipinski definition) is 3. The Balaban J connectivity index is 3.35. The summed E-state index contributed by atoms with van der Waals surface area (Å²) in [5.74, 6) is -0.520. The maximum absolute atomic E-state index is 13.6. The molecule has 1 aromatic rings. The Hall–Kier alpha value is -1.42. The van der Waals surface area contributed by atoms with Gasteiger partial charge in [-0.1, -0.05) is 0 Å². The third kappa shape index (κ3) is 1.75. The number of benzene rings is 1. The number of nitrogens with zero attached hydrogens (tertiary/aromatic N) is 1. The SMILES string of the molecule is CN(C)c1ccc(C=O)c(F)c1CN. The van der Waals surface area contributed by atoms with Gasteiger partial charge in [0.2, 0.25) is 0 Å². The van der Waals surface area contributed by atoms with Crippen LogP contribution in [0.15, 0.2) is 12.1 Å². The number of aldehydes is 1. The zero-order chi connectivity index (χ0) is 10.7. The van der Waals surface area contributed by atoms with Crippen LogP contribution in [0.2, 0.25) is 0 Å². The lowest BCUT2D eigenvalue weighted by Gasteiger charge is -2.17. The first-order valence-electron chi connectivity index (χ1n) is 4.25. The molecular weight excluding hydrogens is 183 g/mol. The molecule has 0 spiro atoms. The summed E-state index contributed by atoms with van der Waals surface area (Å²) in [6.07, 6.45) is 0.494. The molecule has 0 aliphatic heterocycles. The molecule has 76 valence electrons. The molecule has 0 amide bonds. The van der Waals surface area contributed by atoms with E-state index >= 15 is 0 Å². The Morgan fingerprint density at radius 3 is 2.57 bits per heavy atom. The molecule has 0 bridgehead atoms. The van der Waals surface area contributed by atoms with Crippen molar-refractivity contribution >= 4 is 12.0 Å². The Labute approximate surface area is 82.3 Å². The lowest BCUT2D eigenvalue weighted by molar-refractivity contribution is 0.111. The highest BCUT2D eigenvalue weighted by molar-refractivity contribution is 5.77. The molecule has 4 heteroatoms. The second-order valence-electron chi connectivity index (χ2n) is 3.18. The molecule has 0 aliphatic carbocycles. The number of carbonyl (C=O) groups is 1. The van der Waals surface area contributed by atoms with E-state index in [9.17, 15) is 9.18 Å². The van der Waals surface area contributed by atoms with Crippen molar-refractivity contribution in [3.05, 3.63) is 29.1 Å². The van der Waals surface area contributed by atoms with Crippen molar-refractivity contribution in [1.82, 2.24) is 0 Å². The van der Waals surface area contributed by atoms with Crippen molar-refractivity contribution in [1.29, 1.82) is 0 Å². The molecule has 0 unspecified atom stereocenters. The zero-order valence-electron chi connectivity index (χ0n) is 8.25. The van der Waals surface area contributed by atoms with Gasteiger partial charge in [-0.05, 0) is 12.1 Å². The molecule has 3 nitrogen and oxygen atoms in total. The first-order valence-corrected chi connectivity index (χ1v) is 4.25. The van der Waals surface area contributed by atoms with Crippen LogP contribution < -0.4 is 10.6 Å². The predicted octanol–water partition coefficient (Wildman–Crippen LogP) is 1.16. The van der Waals surface area contributed by atoms with Crippen molar-refractivity contribution < 1.29 is 9.18 Å². The summed E-state index contributed by atoms with van der Waals surface area (Å²) >= 11 is 0. The Bertz CT molecular complexity index is 350. The first kappa shape index (κ1) is 10.7. The molecule has 0 saturated carbocycles. The number of hydrogen-bond donors (Lipinski definition) is 1. The summed E-state index contributed by atoms with van der Waals surface area (Å²) in [6.45, 7) is 0.0844. The molecule has 0 atom stereocenters. The third-order valence-corrected chi connectivity index (χ3v) is 2.06. The van der Waals surface area contributed by atoms with Crippen LogP contribution in [0.5, 0.6) is 0 Å². The molecule has 1 rings (SSSR count). The number of carbonyl (C=O) groups excluding carboxylic acids is 1. The van der Waals surface area contributed by atoms with E-state index in [4.69, 9.17) is 5.73 Å². The summed E-state index contributed by atoms with van der Waals surface area (Å²) in [5.41, 5.74) is 6.56. The maximum atomic E-state index is 13.6. The molecule has 2 N–H and O–H groups in total. The van der Waals surface area contributed by atoms with Crippen molar-refractivity contribution in [3.8, 4) is 0 Å². The van der Waals surface area contributed by atoms with Crippen molar-refractivity contribution in [2.45, 2.75) is 6.54 Å². The monoisotopic (exact) mass is 196 g/mol. The molecule has 0 saturated heterocycles. The Morgan fingerprint density at radius 1 is 1.50 bits per heavy atom. The van der Waals surface area contributed by atoms with Crippen molar-refractivity contribution in [2.75, 3.05) is 19.0 Å². The highest BCUT2D eigenvalue weighted by atomic mass is 19.1. The Kier molecular flexibility index (Phi) is 3.19. The predicted molar refractivity (Wildman–Crippen MR) is 54.0 cm³/mol. The van der Waals surface area contributed by atoms with Crippen LogP contribution in [0.4, 0.5) is 10.1 Å². The molecule has 0 heterocycles. The van der Waals surface area contributed by atoms with E-state index < -0.39 is 5.82 Å². The van der Waals surface area contributed by atoms with Crippen molar-refractivity contribution in [2.24, 2.45) is 5.73 Å². The van der Waals surface area contributed by atoms with Gasteiger partial charge in [0, 0.05) is 31.9 Å². The second kappa shape index (κ2) is 4.19. The van der Waals surface area contributed by atoms with Crippen LogP contribution >= 0.6 is 0 Å². The summed E-state index contributed by atoms with van der Waals surface area (Å²) in [6, 6.07) is 3.14. The van der Waals surface area contributed by atoms with Gasteiger partial charge in [0.15, 0.2) is 6.29 Å². The topological polar surface area (TPSA) is 46.3 Å². The van der Waals surface area contributed by atoms with E-state index in [-0.39, 0.29) is 12.1 Å². The minimum atomic E-state index is -0.520. The molecular formula is C10H13FN2O. The van der Waals surface area contributed by atoms with Crippen molar-refractivity contribution in [3.63, 3.8) is 0 Å². The fourth-order valence-electron chi connectivity index (χ4n) is 1.33. The fourth-order valence-corrected chi connectivity index (χ4v) is 1.33. The molecule has 1 aromatic carbocycles. The number of rotatable bonds is 3. The van der Waals surface area contributed by atoms with Gasteiger partial charge in [0.1, 0.15) is 5.82 Å². The normalized spacial score (nSPS) is 10.0. The average Bonchev–Trinajstić information content (AvgIpc) is 2.17. The minimum Gasteiger partial charge on any atom is -0.377 e. The van der Waals surface area contributed by atoms with Crippen LogP contribution in [-0.4, -0.2) is 20.4 Å². The highest BCUT2D eigenvalue weighted by Crippen LogP contribution is 2.23. The smallest absolute Gasteiger partial charge is 0.153 e. The molecule has 0 aromatic heterocycles. The van der Waals surface area contributed by atoms with Gasteiger partial charge in [0.25, 0.3) is 0 Å². The van der Waals surface area contributed by atoms with Gasteiger partial charge in [-0.25, -0.2) is 4.39 Å². The van der Waals surface area contributed by atoms with Gasteiger partial charge in [0.05, 0.1) is 5.56 Å². The standard InChI is InChI=1S/C10H13FN2O/c1-13(2)9-4-3-7(6-14)10(11)8(9)5-12/h3-4,6H,5,12H2,1-2H3. The van der Waals surface area contributed by atoms with Gasteiger partial charge in [-0.3, -0.25) is 4.79 Å². The van der Waals surface area contributed by atoms with Crippen LogP contribution in [0.25, 0.3) is 0 Å². The lowest BCUT2D eigenvalue weighted by Crippen LogP contribution is -2.15. The quantitative estimate of drug-likeness (QED) is 0.738. The summed E-state index contributed by atoms with van der Waals surface area (Å²) in [5, 5.41) is 0. The fraction of sp³-hybridized carbons (Fsp3) is 0.300. The van der Waals surface area contributed by atoms with Crippen LogP contribution in [0, 0.1) is 5.82 Å². The van der Waals surface area contributed by atoms with E-state index in [1.165, 1.54) is 6.07 Å². The largest absolute Gasteiger partial charge is 0.377 e. The molecule has 0 fully saturated rings. The molecule has 0 aliphatic rings. The van der Waals surface area contributed by atoms with E-state index in [2.05, 4.69) is 0 Å². The van der Waals surface area contributed by atoms with E-state index in [1.807, 2.05) is 0 Å². The van der Waals surface area contributed by atoms with Crippen LogP contribution in [-0.2, 0) is 6.54 Å². The van der Waals surface area contributed by atoms with Gasteiger partial charge < -0.3 is 10.6 Å². The van der Waals surface area contributed by atoms with E-state index in [1.54, 1.807) is 25.1 Å². The summed E-state index contributed by atoms with van der Waals surface area (Å²) in [4.78, 5) is 12.2. The van der Waals surface area contributed by atoms with Gasteiger partial charge in [-0.15, -0.1) is 0 Å². The molecule has 14 heavy (non-hydrogen) atoms. The van der Waals surface area contributed by atoms with Crippen LogP contribution in [0.1, 0.15) is 15.9 Å². The number of anilines is 1. The van der Waals surface area contributed by atoms with E-state index in [0.717, 1.165) is 0 Å².